The first-order valence-corrected chi connectivity index (χ1v) is 9.90. The van der Waals surface area contributed by atoms with E-state index in [9.17, 15) is 13.2 Å². The Bertz CT molecular complexity index is 833. The smallest absolute Gasteiger partial charge is 0.240 e. The second kappa shape index (κ2) is 10.1. The fourth-order valence-electron chi connectivity index (χ4n) is 2.34. The van der Waals surface area contributed by atoms with Crippen LogP contribution in [0.5, 0.6) is 5.75 Å². The molecule has 0 saturated heterocycles. The van der Waals surface area contributed by atoms with E-state index in [0.29, 0.717) is 13.2 Å². The summed E-state index contributed by atoms with van der Waals surface area (Å²) < 4.78 is 36.5. The summed E-state index contributed by atoms with van der Waals surface area (Å²) in [7, 11) is -0.457. The Labute approximate surface area is 159 Å². The Morgan fingerprint density at radius 3 is 2.19 bits per heavy atom. The number of carbonyl (C=O) groups is 1. The topological polar surface area (TPSA) is 93.7 Å². The van der Waals surface area contributed by atoms with Crippen molar-refractivity contribution in [2.45, 2.75) is 17.9 Å². The van der Waals surface area contributed by atoms with Gasteiger partial charge in [0, 0.05) is 20.2 Å². The summed E-state index contributed by atoms with van der Waals surface area (Å²) in [5.74, 6) is 0.629. The third-order valence-electron chi connectivity index (χ3n) is 3.85. The highest BCUT2D eigenvalue weighted by Gasteiger charge is 2.13. The fraction of sp³-hybridized carbons (Fsp3) is 0.316. The average molecular weight is 392 g/mol. The van der Waals surface area contributed by atoms with Crippen LogP contribution in [0.4, 0.5) is 0 Å². The zero-order valence-electron chi connectivity index (χ0n) is 15.4. The van der Waals surface area contributed by atoms with Gasteiger partial charge in [0.2, 0.25) is 15.9 Å². The van der Waals surface area contributed by atoms with Crippen LogP contribution in [-0.4, -0.2) is 41.7 Å². The Hall–Kier alpha value is -2.42. The van der Waals surface area contributed by atoms with Gasteiger partial charge in [-0.15, -0.1) is 0 Å². The largest absolute Gasteiger partial charge is 0.497 e. The van der Waals surface area contributed by atoms with Gasteiger partial charge in [-0.1, -0.05) is 24.3 Å². The second-order valence-electron chi connectivity index (χ2n) is 5.84. The lowest BCUT2D eigenvalue weighted by atomic mass is 10.1. The number of amides is 1. The van der Waals surface area contributed by atoms with Crippen molar-refractivity contribution >= 4 is 15.9 Å². The molecule has 1 amide bonds. The standard InChI is InChI=1S/C19H24N2O5S/c1-25-12-11-21-27(23,24)18-9-5-16(6-10-18)14-20-19(22)13-15-3-7-17(26-2)8-4-15/h3-10,21H,11-14H2,1-2H3,(H,20,22). The summed E-state index contributed by atoms with van der Waals surface area (Å²) in [6.45, 7) is 0.839. The Balaban J connectivity index is 1.85. The van der Waals surface area contributed by atoms with Crippen molar-refractivity contribution in [3.63, 3.8) is 0 Å². The van der Waals surface area contributed by atoms with Crippen molar-refractivity contribution < 1.29 is 22.7 Å². The number of methoxy groups -OCH3 is 2. The normalized spacial score (nSPS) is 11.2. The highest BCUT2D eigenvalue weighted by atomic mass is 32.2. The van der Waals surface area contributed by atoms with E-state index in [1.807, 2.05) is 24.3 Å². The van der Waals surface area contributed by atoms with Crippen molar-refractivity contribution in [1.29, 1.82) is 0 Å². The van der Waals surface area contributed by atoms with Crippen LogP contribution in [0.25, 0.3) is 0 Å². The van der Waals surface area contributed by atoms with Crippen LogP contribution >= 0.6 is 0 Å². The quantitative estimate of drug-likeness (QED) is 0.598. The Morgan fingerprint density at radius 1 is 0.963 bits per heavy atom. The highest BCUT2D eigenvalue weighted by Crippen LogP contribution is 2.12. The van der Waals surface area contributed by atoms with E-state index in [4.69, 9.17) is 9.47 Å². The molecule has 0 aromatic heterocycles. The van der Waals surface area contributed by atoms with Crippen molar-refractivity contribution in [1.82, 2.24) is 10.0 Å². The van der Waals surface area contributed by atoms with E-state index >= 15 is 0 Å². The first kappa shape index (κ1) is 20.9. The van der Waals surface area contributed by atoms with Gasteiger partial charge in [-0.25, -0.2) is 13.1 Å². The van der Waals surface area contributed by atoms with Crippen LogP contribution in [0.15, 0.2) is 53.4 Å². The van der Waals surface area contributed by atoms with Crippen molar-refractivity contribution in [2.75, 3.05) is 27.4 Å². The molecule has 0 unspecified atom stereocenters. The summed E-state index contributed by atoms with van der Waals surface area (Å²) in [5.41, 5.74) is 1.70. The van der Waals surface area contributed by atoms with E-state index in [1.165, 1.54) is 19.2 Å². The number of benzene rings is 2. The minimum Gasteiger partial charge on any atom is -0.497 e. The lowest BCUT2D eigenvalue weighted by Crippen LogP contribution is -2.27. The minimum atomic E-state index is -3.55. The molecule has 2 N–H and O–H groups in total. The second-order valence-corrected chi connectivity index (χ2v) is 7.60. The number of carbonyl (C=O) groups excluding carboxylic acids is 1. The van der Waals surface area contributed by atoms with E-state index in [2.05, 4.69) is 10.0 Å². The molecular weight excluding hydrogens is 368 g/mol. The lowest BCUT2D eigenvalue weighted by Gasteiger charge is -2.09. The van der Waals surface area contributed by atoms with Crippen molar-refractivity contribution in [3.05, 3.63) is 59.7 Å². The van der Waals surface area contributed by atoms with Crippen molar-refractivity contribution in [2.24, 2.45) is 0 Å². The fourth-order valence-corrected chi connectivity index (χ4v) is 3.35. The molecule has 0 saturated carbocycles. The van der Waals surface area contributed by atoms with Crippen LogP contribution < -0.4 is 14.8 Å². The Kier molecular flexibility index (Phi) is 7.78. The first-order chi connectivity index (χ1) is 12.9. The van der Waals surface area contributed by atoms with Crippen LogP contribution in [0.3, 0.4) is 0 Å². The molecule has 0 bridgehead atoms. The summed E-state index contributed by atoms with van der Waals surface area (Å²) in [6, 6.07) is 13.7. The van der Waals surface area contributed by atoms with Crippen LogP contribution in [-0.2, 0) is 32.5 Å². The van der Waals surface area contributed by atoms with Crippen LogP contribution in [0.1, 0.15) is 11.1 Å². The first-order valence-electron chi connectivity index (χ1n) is 8.42. The van der Waals surface area contributed by atoms with Gasteiger partial charge in [-0.2, -0.15) is 0 Å². The molecule has 0 atom stereocenters. The van der Waals surface area contributed by atoms with Gasteiger partial charge in [0.25, 0.3) is 0 Å². The van der Waals surface area contributed by atoms with Gasteiger partial charge in [-0.05, 0) is 35.4 Å². The van der Waals surface area contributed by atoms with Gasteiger partial charge in [0.1, 0.15) is 5.75 Å². The zero-order valence-corrected chi connectivity index (χ0v) is 16.2. The third kappa shape index (κ3) is 6.67. The van der Waals surface area contributed by atoms with E-state index in [1.54, 1.807) is 19.2 Å². The summed E-state index contributed by atoms with van der Waals surface area (Å²) in [4.78, 5) is 12.2. The summed E-state index contributed by atoms with van der Waals surface area (Å²) >= 11 is 0. The third-order valence-corrected chi connectivity index (χ3v) is 5.32. The van der Waals surface area contributed by atoms with E-state index < -0.39 is 10.0 Å². The van der Waals surface area contributed by atoms with E-state index in [0.717, 1.165) is 16.9 Å². The monoisotopic (exact) mass is 392 g/mol. The molecule has 0 fully saturated rings. The highest BCUT2D eigenvalue weighted by molar-refractivity contribution is 7.89. The molecule has 0 aliphatic carbocycles. The maximum atomic E-state index is 12.1. The molecule has 2 aromatic rings. The number of hydrogen-bond acceptors (Lipinski definition) is 5. The molecule has 8 heteroatoms. The Morgan fingerprint density at radius 2 is 1.59 bits per heavy atom. The molecule has 0 aliphatic heterocycles. The zero-order chi connectivity index (χ0) is 19.7. The van der Waals surface area contributed by atoms with Gasteiger partial charge in [-0.3, -0.25) is 4.79 Å². The number of ether oxygens (including phenoxy) is 2. The van der Waals surface area contributed by atoms with Gasteiger partial charge >= 0.3 is 0 Å². The number of hydrogen-bond donors (Lipinski definition) is 2. The van der Waals surface area contributed by atoms with Crippen molar-refractivity contribution in [3.8, 4) is 5.75 Å². The number of sulfonamides is 1. The predicted octanol–water partition coefficient (Wildman–Crippen LogP) is 1.48. The molecule has 7 nitrogen and oxygen atoms in total. The molecule has 0 spiro atoms. The molecule has 0 heterocycles. The van der Waals surface area contributed by atoms with Gasteiger partial charge in [0.05, 0.1) is 25.0 Å². The van der Waals surface area contributed by atoms with Crippen LogP contribution in [0, 0.1) is 0 Å². The molecule has 0 radical (unpaired) electrons. The molecule has 2 rings (SSSR count). The summed E-state index contributed by atoms with van der Waals surface area (Å²) in [6.07, 6.45) is 0.264. The maximum absolute atomic E-state index is 12.1. The molecule has 0 aliphatic rings. The predicted molar refractivity (Wildman–Crippen MR) is 102 cm³/mol. The van der Waals surface area contributed by atoms with E-state index in [-0.39, 0.29) is 23.8 Å². The van der Waals surface area contributed by atoms with Gasteiger partial charge in [0.15, 0.2) is 0 Å². The number of nitrogens with one attached hydrogen (secondary N) is 2. The molecule has 2 aromatic carbocycles. The SMILES string of the molecule is COCCNS(=O)(=O)c1ccc(CNC(=O)Cc2ccc(OC)cc2)cc1. The maximum Gasteiger partial charge on any atom is 0.240 e. The van der Waals surface area contributed by atoms with Gasteiger partial charge < -0.3 is 14.8 Å². The van der Waals surface area contributed by atoms with Crippen LogP contribution in [0.2, 0.25) is 0 Å². The molecule has 146 valence electrons. The number of rotatable bonds is 10. The molecular formula is C19H24N2O5S. The average Bonchev–Trinajstić information content (AvgIpc) is 2.67. The molecule has 27 heavy (non-hydrogen) atoms. The summed E-state index contributed by atoms with van der Waals surface area (Å²) in [5, 5.41) is 2.82. The lowest BCUT2D eigenvalue weighted by molar-refractivity contribution is -0.120. The minimum absolute atomic E-state index is 0.113.